The molecule has 1 amide bonds. The lowest BCUT2D eigenvalue weighted by molar-refractivity contribution is 0.0932. The first-order valence-corrected chi connectivity index (χ1v) is 10.1. The molecule has 162 valence electrons. The van der Waals surface area contributed by atoms with E-state index < -0.39 is 5.82 Å². The Balaban J connectivity index is 1.66. The molecule has 1 aromatic carbocycles. The lowest BCUT2D eigenvalue weighted by atomic mass is 10.1. The van der Waals surface area contributed by atoms with Crippen LogP contribution in [0.2, 0.25) is 0 Å². The van der Waals surface area contributed by atoms with Gasteiger partial charge in [0.2, 0.25) is 5.88 Å². The Hall–Kier alpha value is -4.21. The number of fused-ring (bicyclic) bond motifs is 2. The second kappa shape index (κ2) is 7.80. The summed E-state index contributed by atoms with van der Waals surface area (Å²) in [4.78, 5) is 21.5. The van der Waals surface area contributed by atoms with Crippen molar-refractivity contribution in [2.24, 2.45) is 0 Å². The zero-order valence-corrected chi connectivity index (χ0v) is 17.2. The van der Waals surface area contributed by atoms with Crippen molar-refractivity contribution in [2.75, 3.05) is 17.6 Å². The number of hydrogen-bond acceptors (Lipinski definition) is 7. The molecule has 9 nitrogen and oxygen atoms in total. The third-order valence-corrected chi connectivity index (χ3v) is 5.16. The molecule has 0 fully saturated rings. The molecule has 0 saturated heterocycles. The van der Waals surface area contributed by atoms with Crippen LogP contribution in [0.5, 0.6) is 5.88 Å². The minimum absolute atomic E-state index is 0.211. The molecule has 10 heteroatoms. The van der Waals surface area contributed by atoms with Gasteiger partial charge < -0.3 is 21.1 Å². The normalized spacial score (nSPS) is 16.2. The topological polar surface area (TPSA) is 119 Å². The van der Waals surface area contributed by atoms with Crippen LogP contribution in [-0.4, -0.2) is 38.1 Å². The fraction of sp³-hybridized carbons (Fsp3) is 0.182. The van der Waals surface area contributed by atoms with E-state index in [0.717, 1.165) is 17.3 Å². The van der Waals surface area contributed by atoms with Crippen LogP contribution in [0, 0.1) is 5.82 Å². The molecule has 1 aliphatic rings. The van der Waals surface area contributed by atoms with E-state index in [9.17, 15) is 9.18 Å². The Morgan fingerprint density at radius 2 is 2.00 bits per heavy atom. The van der Waals surface area contributed by atoms with E-state index in [0.29, 0.717) is 28.3 Å². The predicted octanol–water partition coefficient (Wildman–Crippen LogP) is 2.64. The van der Waals surface area contributed by atoms with Crippen LogP contribution < -0.4 is 21.1 Å². The smallest absolute Gasteiger partial charge is 0.256 e. The Kier molecular flexibility index (Phi) is 4.81. The minimum atomic E-state index is -0.473. The standard InChI is InChI=1S/C22H20FN7O2/c1-12-7-26-21(31)17-10-28-30-11-18(13-2-4-16(24)5-3-13)19(29-20(17)30)25-8-14-6-15(23)9-27-22(14)32-12/h2-6,9-12H,7-8,24H2,1H3,(H,25,29)(H,26,31). The highest BCUT2D eigenvalue weighted by Gasteiger charge is 2.20. The SMILES string of the molecule is CC1CNC(=O)c2cnn3cc(-c4ccc(N)cc4)c(nc23)NCc2cc(F)cnc2O1. The summed E-state index contributed by atoms with van der Waals surface area (Å²) >= 11 is 0. The third-order valence-electron chi connectivity index (χ3n) is 5.16. The summed E-state index contributed by atoms with van der Waals surface area (Å²) in [5, 5.41) is 10.4. The van der Waals surface area contributed by atoms with Gasteiger partial charge in [0, 0.05) is 29.6 Å². The first-order valence-electron chi connectivity index (χ1n) is 10.1. The molecule has 5 rings (SSSR count). The summed E-state index contributed by atoms with van der Waals surface area (Å²) in [6, 6.07) is 8.68. The van der Waals surface area contributed by atoms with Gasteiger partial charge in [-0.1, -0.05) is 12.1 Å². The highest BCUT2D eigenvalue weighted by Crippen LogP contribution is 2.30. The van der Waals surface area contributed by atoms with Gasteiger partial charge in [0.25, 0.3) is 5.91 Å². The summed E-state index contributed by atoms with van der Waals surface area (Å²) in [6.45, 7) is 2.24. The summed E-state index contributed by atoms with van der Waals surface area (Å²) in [7, 11) is 0. The third kappa shape index (κ3) is 3.66. The minimum Gasteiger partial charge on any atom is -0.473 e. The summed E-state index contributed by atoms with van der Waals surface area (Å²) in [5.74, 6) is -0.00215. The molecule has 0 aliphatic carbocycles. The Labute approximate surface area is 182 Å². The van der Waals surface area contributed by atoms with E-state index in [1.54, 1.807) is 29.8 Å². The van der Waals surface area contributed by atoms with Gasteiger partial charge in [0.1, 0.15) is 23.3 Å². The van der Waals surface area contributed by atoms with Gasteiger partial charge >= 0.3 is 0 Å². The first-order chi connectivity index (χ1) is 15.5. The summed E-state index contributed by atoms with van der Waals surface area (Å²) in [6.07, 6.45) is 3.98. The number of nitrogens with one attached hydrogen (secondary N) is 2. The molecule has 4 N–H and O–H groups in total. The van der Waals surface area contributed by atoms with Gasteiger partial charge in [-0.05, 0) is 30.7 Å². The molecule has 0 radical (unpaired) electrons. The van der Waals surface area contributed by atoms with Crippen LogP contribution in [0.1, 0.15) is 22.8 Å². The number of pyridine rings is 1. The highest BCUT2D eigenvalue weighted by atomic mass is 19.1. The van der Waals surface area contributed by atoms with Gasteiger partial charge in [-0.3, -0.25) is 4.79 Å². The molecular weight excluding hydrogens is 413 g/mol. The van der Waals surface area contributed by atoms with E-state index in [1.807, 2.05) is 12.1 Å². The van der Waals surface area contributed by atoms with E-state index in [-0.39, 0.29) is 31.0 Å². The molecule has 2 bridgehead atoms. The molecule has 4 heterocycles. The number of carbonyl (C=O) groups excluding carboxylic acids is 1. The average molecular weight is 433 g/mol. The number of ether oxygens (including phenoxy) is 1. The van der Waals surface area contributed by atoms with Crippen molar-refractivity contribution in [3.05, 3.63) is 65.9 Å². The number of aromatic nitrogens is 4. The van der Waals surface area contributed by atoms with Gasteiger partial charge in [0.15, 0.2) is 5.65 Å². The lowest BCUT2D eigenvalue weighted by Gasteiger charge is -2.17. The monoisotopic (exact) mass is 433 g/mol. The van der Waals surface area contributed by atoms with Crippen molar-refractivity contribution < 1.29 is 13.9 Å². The number of anilines is 2. The Morgan fingerprint density at radius 3 is 2.81 bits per heavy atom. The van der Waals surface area contributed by atoms with Crippen LogP contribution in [0.4, 0.5) is 15.9 Å². The number of nitrogens with two attached hydrogens (primary N) is 1. The molecule has 1 unspecified atom stereocenters. The zero-order valence-electron chi connectivity index (χ0n) is 17.2. The molecule has 0 saturated carbocycles. The van der Waals surface area contributed by atoms with Crippen molar-refractivity contribution in [3.8, 4) is 17.0 Å². The van der Waals surface area contributed by atoms with Crippen LogP contribution in [-0.2, 0) is 6.54 Å². The van der Waals surface area contributed by atoms with Crippen molar-refractivity contribution in [1.29, 1.82) is 0 Å². The quantitative estimate of drug-likeness (QED) is 0.395. The van der Waals surface area contributed by atoms with E-state index in [4.69, 9.17) is 10.5 Å². The molecular formula is C22H20FN7O2. The largest absolute Gasteiger partial charge is 0.473 e. The van der Waals surface area contributed by atoms with Crippen LogP contribution in [0.25, 0.3) is 16.8 Å². The van der Waals surface area contributed by atoms with Gasteiger partial charge in [-0.15, -0.1) is 0 Å². The van der Waals surface area contributed by atoms with Gasteiger partial charge in [0.05, 0.1) is 18.9 Å². The molecule has 1 atom stereocenters. The molecule has 4 aromatic rings. The maximum absolute atomic E-state index is 13.9. The van der Waals surface area contributed by atoms with E-state index in [2.05, 4.69) is 25.7 Å². The Bertz CT molecular complexity index is 1320. The molecule has 0 spiro atoms. The van der Waals surface area contributed by atoms with E-state index in [1.165, 1.54) is 12.3 Å². The summed E-state index contributed by atoms with van der Waals surface area (Å²) < 4.78 is 21.3. The fourth-order valence-corrected chi connectivity index (χ4v) is 3.52. The predicted molar refractivity (Wildman–Crippen MR) is 117 cm³/mol. The van der Waals surface area contributed by atoms with E-state index >= 15 is 0 Å². The van der Waals surface area contributed by atoms with Crippen molar-refractivity contribution in [1.82, 2.24) is 24.9 Å². The van der Waals surface area contributed by atoms with Crippen LogP contribution >= 0.6 is 0 Å². The maximum atomic E-state index is 13.9. The molecule has 1 aliphatic heterocycles. The summed E-state index contributed by atoms with van der Waals surface area (Å²) in [5.41, 5.74) is 9.32. The molecule has 32 heavy (non-hydrogen) atoms. The number of halogens is 1. The van der Waals surface area contributed by atoms with Crippen molar-refractivity contribution >= 4 is 23.1 Å². The maximum Gasteiger partial charge on any atom is 0.256 e. The Morgan fingerprint density at radius 1 is 1.19 bits per heavy atom. The van der Waals surface area contributed by atoms with Crippen LogP contribution in [0.15, 0.2) is 48.9 Å². The number of nitrogens with zero attached hydrogens (tertiary/aromatic N) is 4. The lowest BCUT2D eigenvalue weighted by Crippen LogP contribution is -2.33. The fourth-order valence-electron chi connectivity index (χ4n) is 3.52. The number of nitrogen functional groups attached to an aromatic ring is 1. The van der Waals surface area contributed by atoms with Gasteiger partial charge in [-0.25, -0.2) is 18.9 Å². The highest BCUT2D eigenvalue weighted by molar-refractivity contribution is 6.00. The number of amides is 1. The van der Waals surface area contributed by atoms with Gasteiger partial charge in [-0.2, -0.15) is 5.10 Å². The number of rotatable bonds is 1. The second-order valence-electron chi connectivity index (χ2n) is 7.56. The second-order valence-corrected chi connectivity index (χ2v) is 7.56. The average Bonchev–Trinajstić information content (AvgIpc) is 3.20. The van der Waals surface area contributed by atoms with Crippen molar-refractivity contribution in [3.63, 3.8) is 0 Å². The number of carbonyl (C=O) groups is 1. The first kappa shape index (κ1) is 19.7. The zero-order chi connectivity index (χ0) is 22.2. The van der Waals surface area contributed by atoms with Crippen molar-refractivity contribution in [2.45, 2.75) is 19.6 Å². The number of benzene rings is 1. The van der Waals surface area contributed by atoms with Crippen LogP contribution in [0.3, 0.4) is 0 Å². The number of hydrogen-bond donors (Lipinski definition) is 3. The molecule has 3 aromatic heterocycles.